The molecule has 0 aromatic heterocycles. The second-order valence-corrected chi connectivity index (χ2v) is 6.07. The van der Waals surface area contributed by atoms with Crippen molar-refractivity contribution >= 4 is 23.1 Å². The van der Waals surface area contributed by atoms with Gasteiger partial charge < -0.3 is 9.84 Å². The number of benzene rings is 2. The molecule has 0 bridgehead atoms. The molecule has 2 aromatic carbocycles. The van der Waals surface area contributed by atoms with E-state index in [2.05, 4.69) is 13.8 Å². The minimum absolute atomic E-state index is 0.450. The van der Waals surface area contributed by atoms with E-state index < -0.39 is 5.97 Å². The zero-order chi connectivity index (χ0) is 16.8. The van der Waals surface area contributed by atoms with Crippen molar-refractivity contribution in [2.24, 2.45) is 5.92 Å². The average Bonchev–Trinajstić information content (AvgIpc) is 2.52. The van der Waals surface area contributed by atoms with Crippen LogP contribution in [0.4, 0.5) is 0 Å². The van der Waals surface area contributed by atoms with Crippen molar-refractivity contribution in [1.82, 2.24) is 0 Å². The van der Waals surface area contributed by atoms with E-state index in [9.17, 15) is 4.79 Å². The maximum absolute atomic E-state index is 11.1. The van der Waals surface area contributed by atoms with E-state index in [1.807, 2.05) is 24.3 Å². The Morgan fingerprint density at radius 3 is 2.09 bits per heavy atom. The number of halogens is 1. The van der Waals surface area contributed by atoms with Crippen LogP contribution < -0.4 is 4.74 Å². The third-order valence-corrected chi connectivity index (χ3v) is 3.42. The third-order valence-electron chi connectivity index (χ3n) is 3.17. The minimum Gasteiger partial charge on any atom is -0.493 e. The number of hydrogen-bond acceptors (Lipinski definition) is 2. The van der Waals surface area contributed by atoms with Crippen LogP contribution in [0.15, 0.2) is 54.6 Å². The van der Waals surface area contributed by atoms with E-state index in [1.165, 1.54) is 6.08 Å². The van der Waals surface area contributed by atoms with Crippen molar-refractivity contribution in [3.05, 3.63) is 70.8 Å². The maximum Gasteiger partial charge on any atom is 0.328 e. The number of rotatable bonds is 6. The van der Waals surface area contributed by atoms with Gasteiger partial charge in [-0.05, 0) is 46.9 Å². The molecule has 0 saturated heterocycles. The number of carboxylic acids is 1. The van der Waals surface area contributed by atoms with Gasteiger partial charge in [0.1, 0.15) is 5.75 Å². The van der Waals surface area contributed by atoms with Crippen LogP contribution in [0.1, 0.15) is 25.0 Å². The summed E-state index contributed by atoms with van der Waals surface area (Å²) < 4.78 is 5.65. The van der Waals surface area contributed by atoms with Crippen LogP contribution in [-0.2, 0) is 4.79 Å². The largest absolute Gasteiger partial charge is 0.493 e. The van der Waals surface area contributed by atoms with Crippen molar-refractivity contribution in [2.45, 2.75) is 13.8 Å². The number of carboxylic acid groups (broad SMARTS) is 1. The zero-order valence-electron chi connectivity index (χ0n) is 13.1. The van der Waals surface area contributed by atoms with Crippen molar-refractivity contribution in [3.63, 3.8) is 0 Å². The topological polar surface area (TPSA) is 46.5 Å². The Morgan fingerprint density at radius 1 is 1.09 bits per heavy atom. The molecular weight excluding hydrogens is 312 g/mol. The van der Waals surface area contributed by atoms with Crippen LogP contribution in [0.25, 0.3) is 5.57 Å². The summed E-state index contributed by atoms with van der Waals surface area (Å²) in [5.41, 5.74) is 2.24. The molecule has 3 nitrogen and oxygen atoms in total. The van der Waals surface area contributed by atoms with Gasteiger partial charge in [0.2, 0.25) is 0 Å². The number of aliphatic carboxylic acids is 1. The normalized spacial score (nSPS) is 11.6. The molecule has 0 aliphatic rings. The first-order valence-corrected chi connectivity index (χ1v) is 7.77. The fourth-order valence-corrected chi connectivity index (χ4v) is 2.21. The molecule has 0 spiro atoms. The summed E-state index contributed by atoms with van der Waals surface area (Å²) in [5, 5.41) is 9.75. The zero-order valence-corrected chi connectivity index (χ0v) is 13.9. The smallest absolute Gasteiger partial charge is 0.328 e. The van der Waals surface area contributed by atoms with Gasteiger partial charge in [-0.1, -0.05) is 49.7 Å². The summed E-state index contributed by atoms with van der Waals surface area (Å²) in [6.07, 6.45) is 1.20. The van der Waals surface area contributed by atoms with Crippen molar-refractivity contribution in [1.29, 1.82) is 0 Å². The summed E-state index contributed by atoms with van der Waals surface area (Å²) in [6.45, 7) is 4.82. The number of carbonyl (C=O) groups is 1. The Morgan fingerprint density at radius 2 is 1.61 bits per heavy atom. The van der Waals surface area contributed by atoms with Gasteiger partial charge in [-0.25, -0.2) is 4.79 Å². The molecule has 0 aliphatic carbocycles. The van der Waals surface area contributed by atoms with Crippen LogP contribution in [-0.4, -0.2) is 17.7 Å². The minimum atomic E-state index is -0.991. The van der Waals surface area contributed by atoms with Crippen LogP contribution in [0.2, 0.25) is 5.02 Å². The van der Waals surface area contributed by atoms with Gasteiger partial charge in [0.15, 0.2) is 0 Å². The molecule has 0 radical (unpaired) electrons. The Labute approximate surface area is 141 Å². The van der Waals surface area contributed by atoms with Crippen LogP contribution in [0.5, 0.6) is 5.75 Å². The van der Waals surface area contributed by atoms with E-state index in [0.29, 0.717) is 23.1 Å². The standard InChI is InChI=1S/C19H19ClO3/c1-13(2)12-23-17-9-5-15(6-10-17)18(11-19(21)22)14-3-7-16(20)8-4-14/h3-11,13H,12H2,1-2H3,(H,21,22). The monoisotopic (exact) mass is 330 g/mol. The number of ether oxygens (including phenoxy) is 1. The lowest BCUT2D eigenvalue weighted by Gasteiger charge is -2.11. The second-order valence-electron chi connectivity index (χ2n) is 5.63. The molecule has 0 saturated carbocycles. The number of hydrogen-bond donors (Lipinski definition) is 1. The Kier molecular flexibility index (Phi) is 5.83. The van der Waals surface area contributed by atoms with Gasteiger partial charge in [-0.2, -0.15) is 0 Å². The molecule has 120 valence electrons. The van der Waals surface area contributed by atoms with E-state index in [-0.39, 0.29) is 0 Å². The highest BCUT2D eigenvalue weighted by atomic mass is 35.5. The van der Waals surface area contributed by atoms with Gasteiger partial charge in [0.05, 0.1) is 6.61 Å². The van der Waals surface area contributed by atoms with E-state index in [4.69, 9.17) is 21.4 Å². The lowest BCUT2D eigenvalue weighted by atomic mass is 9.97. The van der Waals surface area contributed by atoms with Crippen molar-refractivity contribution in [3.8, 4) is 5.75 Å². The highest BCUT2D eigenvalue weighted by molar-refractivity contribution is 6.30. The molecule has 1 N–H and O–H groups in total. The van der Waals surface area contributed by atoms with Crippen molar-refractivity contribution in [2.75, 3.05) is 6.61 Å². The summed E-state index contributed by atoms with van der Waals surface area (Å²) in [6, 6.07) is 14.5. The first-order chi connectivity index (χ1) is 11.0. The third kappa shape index (κ3) is 5.15. The van der Waals surface area contributed by atoms with E-state index in [1.54, 1.807) is 24.3 Å². The van der Waals surface area contributed by atoms with Crippen molar-refractivity contribution < 1.29 is 14.6 Å². The fourth-order valence-electron chi connectivity index (χ4n) is 2.08. The Hall–Kier alpha value is -2.26. The van der Waals surface area contributed by atoms with Gasteiger partial charge in [-0.3, -0.25) is 0 Å². The predicted octanol–water partition coefficient (Wildman–Crippen LogP) is 4.89. The quantitative estimate of drug-likeness (QED) is 0.767. The second kappa shape index (κ2) is 7.84. The fraction of sp³-hybridized carbons (Fsp3) is 0.211. The summed E-state index contributed by atoms with van der Waals surface area (Å²) in [4.78, 5) is 11.1. The average molecular weight is 331 g/mol. The SMILES string of the molecule is CC(C)COc1ccc(C(=CC(=O)O)c2ccc(Cl)cc2)cc1. The summed E-state index contributed by atoms with van der Waals surface area (Å²) >= 11 is 5.90. The Balaban J connectivity index is 2.29. The van der Waals surface area contributed by atoms with Crippen LogP contribution >= 0.6 is 11.6 Å². The van der Waals surface area contributed by atoms with Gasteiger partial charge in [-0.15, -0.1) is 0 Å². The first-order valence-electron chi connectivity index (χ1n) is 7.39. The molecule has 0 fully saturated rings. The Bertz CT molecular complexity index is 686. The molecular formula is C19H19ClO3. The van der Waals surface area contributed by atoms with Gasteiger partial charge in [0, 0.05) is 11.1 Å². The molecule has 23 heavy (non-hydrogen) atoms. The summed E-state index contributed by atoms with van der Waals surface area (Å²) in [7, 11) is 0. The van der Waals surface area contributed by atoms with Crippen LogP contribution in [0.3, 0.4) is 0 Å². The van der Waals surface area contributed by atoms with Crippen LogP contribution in [0, 0.1) is 5.92 Å². The van der Waals surface area contributed by atoms with Gasteiger partial charge in [0.25, 0.3) is 0 Å². The lowest BCUT2D eigenvalue weighted by Crippen LogP contribution is -2.04. The molecule has 0 heterocycles. The maximum atomic E-state index is 11.1. The molecule has 4 heteroatoms. The van der Waals surface area contributed by atoms with E-state index in [0.717, 1.165) is 16.9 Å². The van der Waals surface area contributed by atoms with E-state index >= 15 is 0 Å². The van der Waals surface area contributed by atoms with Gasteiger partial charge >= 0.3 is 5.97 Å². The molecule has 0 aliphatic heterocycles. The molecule has 2 rings (SSSR count). The predicted molar refractivity (Wildman–Crippen MR) is 92.9 cm³/mol. The summed E-state index contributed by atoms with van der Waals surface area (Å²) in [5.74, 6) is 0.231. The first kappa shape index (κ1) is 17.1. The molecule has 0 amide bonds. The molecule has 0 atom stereocenters. The highest BCUT2D eigenvalue weighted by Crippen LogP contribution is 2.26. The molecule has 2 aromatic rings. The highest BCUT2D eigenvalue weighted by Gasteiger charge is 2.08. The molecule has 0 unspecified atom stereocenters. The lowest BCUT2D eigenvalue weighted by molar-refractivity contribution is -0.131.